The van der Waals surface area contributed by atoms with Gasteiger partial charge in [0.25, 0.3) is 0 Å². The van der Waals surface area contributed by atoms with Crippen LogP contribution in [0, 0.1) is 5.92 Å². The molecule has 1 aromatic rings. The van der Waals surface area contributed by atoms with Crippen LogP contribution in [0.4, 0.5) is 0 Å². The fraction of sp³-hybridized carbons (Fsp3) is 0.765. The molecule has 0 spiro atoms. The van der Waals surface area contributed by atoms with E-state index in [1.165, 1.54) is 32.1 Å². The maximum absolute atomic E-state index is 6.32. The van der Waals surface area contributed by atoms with E-state index in [1.807, 2.05) is 12.4 Å². The smallest absolute Gasteiger partial charge is 0.316 e. The van der Waals surface area contributed by atoms with Gasteiger partial charge in [0, 0.05) is 37.6 Å². The number of hydrogen-bond acceptors (Lipinski definition) is 5. The Labute approximate surface area is 133 Å². The van der Waals surface area contributed by atoms with Crippen molar-refractivity contribution in [1.29, 1.82) is 0 Å². The van der Waals surface area contributed by atoms with Crippen LogP contribution in [0.15, 0.2) is 12.4 Å². The zero-order valence-corrected chi connectivity index (χ0v) is 13.7. The Morgan fingerprint density at radius 1 is 1.27 bits per heavy atom. The molecule has 22 heavy (non-hydrogen) atoms. The summed E-state index contributed by atoms with van der Waals surface area (Å²) in [6.45, 7) is 5.21. The minimum atomic E-state index is 0.387. The van der Waals surface area contributed by atoms with Gasteiger partial charge in [-0.05, 0) is 25.2 Å². The topological polar surface area (TPSA) is 47.5 Å². The number of morpholine rings is 1. The highest BCUT2D eigenvalue weighted by Gasteiger charge is 2.38. The summed E-state index contributed by atoms with van der Waals surface area (Å²) in [6, 6.07) is 0.433. The van der Waals surface area contributed by atoms with Crippen LogP contribution in [0.2, 0.25) is 0 Å². The first kappa shape index (κ1) is 15.7. The maximum atomic E-state index is 6.32. The number of unbranched alkanes of at least 4 members (excludes halogenated alkanes) is 1. The third-order valence-corrected chi connectivity index (χ3v) is 4.57. The highest BCUT2D eigenvalue weighted by atomic mass is 16.5. The van der Waals surface area contributed by atoms with E-state index >= 15 is 0 Å². The van der Waals surface area contributed by atoms with Crippen LogP contribution in [0.25, 0.3) is 0 Å². The summed E-state index contributed by atoms with van der Waals surface area (Å²) in [4.78, 5) is 10.9. The second-order valence-electron chi connectivity index (χ2n) is 6.55. The summed E-state index contributed by atoms with van der Waals surface area (Å²) in [5.74, 6) is 0.791. The van der Waals surface area contributed by atoms with Crippen molar-refractivity contribution in [3.05, 3.63) is 18.0 Å². The highest BCUT2D eigenvalue weighted by molar-refractivity contribution is 5.07. The van der Waals surface area contributed by atoms with E-state index in [9.17, 15) is 0 Å². The van der Waals surface area contributed by atoms with E-state index in [2.05, 4.69) is 21.8 Å². The Balaban J connectivity index is 1.59. The second kappa shape index (κ2) is 7.38. The lowest BCUT2D eigenvalue weighted by molar-refractivity contribution is -0.0993. The highest BCUT2D eigenvalue weighted by Crippen LogP contribution is 2.37. The molecule has 0 unspecified atom stereocenters. The molecule has 1 aromatic heterocycles. The van der Waals surface area contributed by atoms with Crippen LogP contribution in [0.5, 0.6) is 6.01 Å². The molecule has 3 rings (SSSR count). The second-order valence-corrected chi connectivity index (χ2v) is 6.55. The fourth-order valence-electron chi connectivity index (χ4n) is 3.19. The van der Waals surface area contributed by atoms with Gasteiger partial charge in [-0.3, -0.25) is 4.90 Å². The summed E-state index contributed by atoms with van der Waals surface area (Å²) in [5.41, 5.74) is 1.14. The van der Waals surface area contributed by atoms with E-state index in [0.717, 1.165) is 31.1 Å². The van der Waals surface area contributed by atoms with Gasteiger partial charge in [0.1, 0.15) is 0 Å². The van der Waals surface area contributed by atoms with Gasteiger partial charge >= 0.3 is 6.01 Å². The van der Waals surface area contributed by atoms with Crippen LogP contribution in [0.1, 0.15) is 44.6 Å². The maximum Gasteiger partial charge on any atom is 0.316 e. The van der Waals surface area contributed by atoms with E-state index in [-0.39, 0.29) is 0 Å². The molecule has 1 aliphatic heterocycles. The largest absolute Gasteiger partial charge is 0.467 e. The molecule has 2 heterocycles. The number of aromatic nitrogens is 2. The Kier molecular flexibility index (Phi) is 5.26. The van der Waals surface area contributed by atoms with E-state index in [0.29, 0.717) is 18.2 Å². The average Bonchev–Trinajstić information content (AvgIpc) is 3.38. The van der Waals surface area contributed by atoms with Crippen LogP contribution in [-0.2, 0) is 11.3 Å². The average molecular weight is 305 g/mol. The standard InChI is InChI=1S/C17H27N3O2/c1-3-4-5-15-11-20(12-16(22-15)14-6-7-14)10-13-8-18-17(21-2)19-9-13/h8-9,14-16H,3-7,10-12H2,1-2H3/t15-,16-/m1/s1. The summed E-state index contributed by atoms with van der Waals surface area (Å²) in [7, 11) is 1.59. The molecule has 2 aliphatic rings. The van der Waals surface area contributed by atoms with Crippen LogP contribution in [0.3, 0.4) is 0 Å². The van der Waals surface area contributed by atoms with Gasteiger partial charge < -0.3 is 9.47 Å². The summed E-state index contributed by atoms with van der Waals surface area (Å²) < 4.78 is 11.3. The molecular formula is C17H27N3O2. The number of rotatable bonds is 7. The summed E-state index contributed by atoms with van der Waals surface area (Å²) in [5, 5.41) is 0. The number of methoxy groups -OCH3 is 1. The van der Waals surface area contributed by atoms with Crippen molar-refractivity contribution in [2.75, 3.05) is 20.2 Å². The molecule has 2 atom stereocenters. The minimum absolute atomic E-state index is 0.387. The SMILES string of the molecule is CCCC[C@@H]1CN(Cc2cnc(OC)nc2)C[C@H](C2CC2)O1. The van der Waals surface area contributed by atoms with Crippen molar-refractivity contribution in [1.82, 2.24) is 14.9 Å². The molecule has 2 fully saturated rings. The number of hydrogen-bond donors (Lipinski definition) is 0. The zero-order valence-electron chi connectivity index (χ0n) is 13.7. The van der Waals surface area contributed by atoms with E-state index in [1.54, 1.807) is 7.11 Å². The molecule has 1 aliphatic carbocycles. The van der Waals surface area contributed by atoms with E-state index in [4.69, 9.17) is 9.47 Å². The molecule has 5 heteroatoms. The fourth-order valence-corrected chi connectivity index (χ4v) is 3.19. The van der Waals surface area contributed by atoms with Crippen molar-refractivity contribution in [2.24, 2.45) is 5.92 Å². The third-order valence-electron chi connectivity index (χ3n) is 4.57. The lowest BCUT2D eigenvalue weighted by Crippen LogP contribution is -2.48. The van der Waals surface area contributed by atoms with Crippen LogP contribution < -0.4 is 4.74 Å². The summed E-state index contributed by atoms with van der Waals surface area (Å²) in [6.07, 6.45) is 10.9. The van der Waals surface area contributed by atoms with Gasteiger partial charge in [-0.2, -0.15) is 0 Å². The van der Waals surface area contributed by atoms with Crippen molar-refractivity contribution < 1.29 is 9.47 Å². The third kappa shape index (κ3) is 4.17. The molecule has 122 valence electrons. The minimum Gasteiger partial charge on any atom is -0.467 e. The van der Waals surface area contributed by atoms with Gasteiger partial charge in [0.15, 0.2) is 0 Å². The molecule has 0 amide bonds. The van der Waals surface area contributed by atoms with Gasteiger partial charge in [-0.15, -0.1) is 0 Å². The number of ether oxygens (including phenoxy) is 2. The molecule has 1 saturated carbocycles. The Morgan fingerprint density at radius 2 is 2.05 bits per heavy atom. The quantitative estimate of drug-likeness (QED) is 0.775. The zero-order chi connectivity index (χ0) is 15.4. The van der Waals surface area contributed by atoms with Gasteiger partial charge in [-0.1, -0.05) is 19.8 Å². The first-order valence-corrected chi connectivity index (χ1v) is 8.51. The van der Waals surface area contributed by atoms with Gasteiger partial charge in [0.2, 0.25) is 0 Å². The predicted molar refractivity (Wildman–Crippen MR) is 84.8 cm³/mol. The van der Waals surface area contributed by atoms with Crippen molar-refractivity contribution in [2.45, 2.75) is 57.8 Å². The Bertz CT molecular complexity index is 461. The van der Waals surface area contributed by atoms with Crippen molar-refractivity contribution in [3.8, 4) is 6.01 Å². The van der Waals surface area contributed by atoms with Gasteiger partial charge in [0.05, 0.1) is 19.3 Å². The molecule has 0 bridgehead atoms. The molecular weight excluding hydrogens is 278 g/mol. The van der Waals surface area contributed by atoms with Crippen LogP contribution >= 0.6 is 0 Å². The van der Waals surface area contributed by atoms with Gasteiger partial charge in [-0.25, -0.2) is 9.97 Å². The monoisotopic (exact) mass is 305 g/mol. The summed E-state index contributed by atoms with van der Waals surface area (Å²) >= 11 is 0. The first-order valence-electron chi connectivity index (χ1n) is 8.51. The molecule has 5 nitrogen and oxygen atoms in total. The molecule has 0 radical (unpaired) electrons. The van der Waals surface area contributed by atoms with Crippen LogP contribution in [-0.4, -0.2) is 47.3 Å². The first-order chi connectivity index (χ1) is 10.8. The number of nitrogens with zero attached hydrogens (tertiary/aromatic N) is 3. The molecule has 0 N–H and O–H groups in total. The Hall–Kier alpha value is -1.20. The Morgan fingerprint density at radius 3 is 2.68 bits per heavy atom. The molecule has 0 aromatic carbocycles. The molecule has 1 saturated heterocycles. The van der Waals surface area contributed by atoms with Crippen molar-refractivity contribution in [3.63, 3.8) is 0 Å². The normalized spacial score (nSPS) is 26.1. The van der Waals surface area contributed by atoms with E-state index < -0.39 is 0 Å². The lowest BCUT2D eigenvalue weighted by Gasteiger charge is -2.38. The van der Waals surface area contributed by atoms with Crippen molar-refractivity contribution >= 4 is 0 Å². The lowest BCUT2D eigenvalue weighted by atomic mass is 10.1. The predicted octanol–water partition coefficient (Wildman–Crippen LogP) is 2.65.